The third kappa shape index (κ3) is 5.32. The van der Waals surface area contributed by atoms with Gasteiger partial charge in [-0.3, -0.25) is 14.9 Å². The fraction of sp³-hybridized carbons (Fsp3) is 0.615. The first-order valence-electron chi connectivity index (χ1n) is 13.1. The van der Waals surface area contributed by atoms with E-state index in [0.29, 0.717) is 12.2 Å². The van der Waals surface area contributed by atoms with Crippen molar-refractivity contribution in [1.29, 1.82) is 0 Å². The Morgan fingerprint density at radius 3 is 2.74 bits per heavy atom. The Morgan fingerprint density at radius 2 is 2.08 bits per heavy atom. The van der Waals surface area contributed by atoms with Crippen LogP contribution in [0.4, 0.5) is 5.69 Å². The van der Waals surface area contributed by atoms with E-state index in [9.17, 15) is 24.8 Å². The topological polar surface area (TPSA) is 143 Å². The number of non-ortho nitro benzene ring substituents is 1. The average Bonchev–Trinajstić information content (AvgIpc) is 3.62. The van der Waals surface area contributed by atoms with Gasteiger partial charge in [-0.05, 0) is 44.0 Å². The number of nitrogens with zero attached hydrogens (tertiary/aromatic N) is 2. The molecule has 1 amide bonds. The Bertz CT molecular complexity index is 1110. The Hall–Kier alpha value is -2.51. The van der Waals surface area contributed by atoms with Crippen LogP contribution in [0.3, 0.4) is 0 Å². The lowest BCUT2D eigenvalue weighted by atomic mass is 9.79. The number of hydrogen-bond acceptors (Lipinski definition) is 10. The molecule has 1 aromatic carbocycles. The van der Waals surface area contributed by atoms with Gasteiger partial charge in [0, 0.05) is 47.3 Å². The summed E-state index contributed by atoms with van der Waals surface area (Å²) in [4.78, 5) is 39.1. The van der Waals surface area contributed by atoms with E-state index < -0.39 is 22.9 Å². The molecule has 0 spiro atoms. The van der Waals surface area contributed by atoms with Crippen LogP contribution in [-0.2, 0) is 25.7 Å². The fourth-order valence-electron chi connectivity index (χ4n) is 5.80. The van der Waals surface area contributed by atoms with Crippen LogP contribution < -0.4 is 10.6 Å². The molecule has 4 heterocycles. The maximum absolute atomic E-state index is 13.3. The number of amides is 1. The standard InChI is InChI=1S/C26H34N4O7S/c1-14-22-21(15(2)31)25(32)29(22)23(26(33)37-12-16-3-5-18(6-4-16)30(34)35)24(14)38-20-9-17(28-11-20)13-36-19-7-8-27-10-19/h3-6,14-15,17,19-22,27-28,31H,7-13H2,1-2H3/t14-,15-,17+,19-,20+,21-,22-/m1/s1. The second-order valence-corrected chi connectivity index (χ2v) is 11.8. The molecule has 0 aromatic heterocycles. The zero-order valence-corrected chi connectivity index (χ0v) is 22.3. The highest BCUT2D eigenvalue weighted by molar-refractivity contribution is 8.03. The van der Waals surface area contributed by atoms with Crippen molar-refractivity contribution in [2.45, 2.75) is 62.8 Å². The van der Waals surface area contributed by atoms with Gasteiger partial charge in [0.05, 0.1) is 35.7 Å². The van der Waals surface area contributed by atoms with Crippen LogP contribution in [0, 0.1) is 22.0 Å². The maximum atomic E-state index is 13.3. The van der Waals surface area contributed by atoms with Crippen molar-refractivity contribution in [3.8, 4) is 0 Å². The minimum atomic E-state index is -0.812. The van der Waals surface area contributed by atoms with Crippen molar-refractivity contribution >= 4 is 29.3 Å². The second kappa shape index (κ2) is 11.3. The van der Waals surface area contributed by atoms with Crippen molar-refractivity contribution < 1.29 is 29.1 Å². The summed E-state index contributed by atoms with van der Waals surface area (Å²) in [6.07, 6.45) is 1.35. The Labute approximate surface area is 225 Å². The van der Waals surface area contributed by atoms with E-state index in [0.717, 1.165) is 37.4 Å². The maximum Gasteiger partial charge on any atom is 0.356 e. The number of esters is 1. The zero-order chi connectivity index (χ0) is 27.0. The van der Waals surface area contributed by atoms with Crippen molar-refractivity contribution in [3.63, 3.8) is 0 Å². The minimum Gasteiger partial charge on any atom is -0.456 e. The highest BCUT2D eigenvalue weighted by Crippen LogP contribution is 2.52. The molecule has 0 radical (unpaired) electrons. The van der Waals surface area contributed by atoms with Crippen LogP contribution in [0.5, 0.6) is 0 Å². The van der Waals surface area contributed by atoms with Crippen molar-refractivity contribution in [2.75, 3.05) is 26.2 Å². The first-order chi connectivity index (χ1) is 18.2. The van der Waals surface area contributed by atoms with Crippen LogP contribution in [-0.4, -0.2) is 82.6 Å². The molecule has 3 N–H and O–H groups in total. The van der Waals surface area contributed by atoms with Gasteiger partial charge in [-0.1, -0.05) is 6.92 Å². The molecule has 0 aliphatic carbocycles. The number of carbonyl (C=O) groups is 2. The summed E-state index contributed by atoms with van der Waals surface area (Å²) in [5.41, 5.74) is 0.824. The molecule has 1 aromatic rings. The quantitative estimate of drug-likeness (QED) is 0.171. The number of nitro benzene ring substituents is 1. The van der Waals surface area contributed by atoms with E-state index in [1.165, 1.54) is 17.0 Å². The van der Waals surface area contributed by atoms with E-state index in [1.807, 2.05) is 6.92 Å². The summed E-state index contributed by atoms with van der Waals surface area (Å²) in [5.74, 6) is -1.53. The number of nitro groups is 1. The van der Waals surface area contributed by atoms with Gasteiger partial charge in [-0.25, -0.2) is 4.79 Å². The summed E-state index contributed by atoms with van der Waals surface area (Å²) >= 11 is 1.61. The SMILES string of the molecule is C[C@@H](O)[C@H]1C(=O)N2C(C(=O)OCc3ccc([N+](=O)[O-])cc3)=C(S[C@@H]3CN[C@H](CO[C@@H]4CCNC4)C3)[C@H](C)[C@H]12. The van der Waals surface area contributed by atoms with E-state index in [4.69, 9.17) is 9.47 Å². The van der Waals surface area contributed by atoms with E-state index in [-0.39, 0.29) is 53.3 Å². The monoisotopic (exact) mass is 546 g/mol. The average molecular weight is 547 g/mol. The smallest absolute Gasteiger partial charge is 0.356 e. The first kappa shape index (κ1) is 27.1. The molecule has 7 atom stereocenters. The fourth-order valence-corrected chi connectivity index (χ4v) is 7.32. The van der Waals surface area contributed by atoms with Crippen molar-refractivity contribution in [3.05, 3.63) is 50.5 Å². The summed E-state index contributed by atoms with van der Waals surface area (Å²) in [6, 6.07) is 5.76. The Kier molecular flexibility index (Phi) is 8.06. The number of carbonyl (C=O) groups excluding carboxylic acids is 2. The summed E-state index contributed by atoms with van der Waals surface area (Å²) < 4.78 is 11.6. The number of β-lactam (4-membered cyclic amide) rings is 1. The summed E-state index contributed by atoms with van der Waals surface area (Å²) in [6.45, 7) is 6.81. The predicted octanol–water partition coefficient (Wildman–Crippen LogP) is 1.55. The van der Waals surface area contributed by atoms with E-state index >= 15 is 0 Å². The molecule has 5 rings (SSSR count). The number of thioether (sulfide) groups is 1. The lowest BCUT2D eigenvalue weighted by Gasteiger charge is -2.46. The third-order valence-electron chi connectivity index (χ3n) is 7.84. The molecule has 38 heavy (non-hydrogen) atoms. The van der Waals surface area contributed by atoms with Gasteiger partial charge in [0.15, 0.2) is 0 Å². The molecular formula is C26H34N4O7S. The number of nitrogens with one attached hydrogen (secondary N) is 2. The molecule has 0 saturated carbocycles. The highest BCUT2D eigenvalue weighted by atomic mass is 32.2. The van der Waals surface area contributed by atoms with Crippen molar-refractivity contribution in [1.82, 2.24) is 15.5 Å². The van der Waals surface area contributed by atoms with Gasteiger partial charge in [-0.15, -0.1) is 11.8 Å². The molecular weight excluding hydrogens is 512 g/mol. The number of benzene rings is 1. The van der Waals surface area contributed by atoms with Gasteiger partial charge >= 0.3 is 5.97 Å². The normalized spacial score (nSPS) is 31.3. The van der Waals surface area contributed by atoms with E-state index in [2.05, 4.69) is 10.6 Å². The van der Waals surface area contributed by atoms with Crippen LogP contribution in [0.25, 0.3) is 0 Å². The van der Waals surface area contributed by atoms with Crippen LogP contribution in [0.15, 0.2) is 34.9 Å². The van der Waals surface area contributed by atoms with Gasteiger partial charge < -0.3 is 30.1 Å². The Balaban J connectivity index is 1.28. The molecule has 4 aliphatic rings. The van der Waals surface area contributed by atoms with Crippen LogP contribution in [0.2, 0.25) is 0 Å². The van der Waals surface area contributed by atoms with Gasteiger partial charge in [0.25, 0.3) is 5.69 Å². The number of rotatable bonds is 10. The lowest BCUT2D eigenvalue weighted by Crippen LogP contribution is -2.63. The third-order valence-corrected chi connectivity index (χ3v) is 9.35. The number of aliphatic hydroxyl groups is 1. The lowest BCUT2D eigenvalue weighted by molar-refractivity contribution is -0.384. The molecule has 206 valence electrons. The molecule has 0 unspecified atom stereocenters. The number of fused-ring (bicyclic) bond motifs is 1. The van der Waals surface area contributed by atoms with Gasteiger partial charge in [-0.2, -0.15) is 0 Å². The largest absolute Gasteiger partial charge is 0.456 e. The van der Waals surface area contributed by atoms with Gasteiger partial charge in [0.2, 0.25) is 5.91 Å². The molecule has 0 bridgehead atoms. The molecule has 12 heteroatoms. The van der Waals surface area contributed by atoms with E-state index in [1.54, 1.807) is 30.8 Å². The summed E-state index contributed by atoms with van der Waals surface area (Å²) in [7, 11) is 0. The Morgan fingerprint density at radius 1 is 1.32 bits per heavy atom. The molecule has 11 nitrogen and oxygen atoms in total. The van der Waals surface area contributed by atoms with Crippen LogP contribution >= 0.6 is 11.8 Å². The molecule has 3 saturated heterocycles. The van der Waals surface area contributed by atoms with Crippen molar-refractivity contribution in [2.24, 2.45) is 11.8 Å². The van der Waals surface area contributed by atoms with Crippen LogP contribution in [0.1, 0.15) is 32.3 Å². The summed E-state index contributed by atoms with van der Waals surface area (Å²) in [5, 5.41) is 28.2. The molecule has 4 aliphatic heterocycles. The highest BCUT2D eigenvalue weighted by Gasteiger charge is 2.60. The second-order valence-electron chi connectivity index (χ2n) is 10.5. The number of ether oxygens (including phenoxy) is 2. The molecule has 3 fully saturated rings. The van der Waals surface area contributed by atoms with Gasteiger partial charge in [0.1, 0.15) is 12.3 Å². The number of hydrogen-bond donors (Lipinski definition) is 3. The predicted molar refractivity (Wildman–Crippen MR) is 140 cm³/mol. The first-order valence-corrected chi connectivity index (χ1v) is 14.0. The minimum absolute atomic E-state index is 0.0435. The zero-order valence-electron chi connectivity index (χ0n) is 21.5. The number of aliphatic hydroxyl groups excluding tert-OH is 1.